The summed E-state index contributed by atoms with van der Waals surface area (Å²) in [5.41, 5.74) is 8.01. The van der Waals surface area contributed by atoms with Gasteiger partial charge in [-0.05, 0) is 37.8 Å². The topological polar surface area (TPSA) is 44.5 Å². The second kappa shape index (κ2) is 4.39. The molecule has 0 saturated heterocycles. The van der Waals surface area contributed by atoms with Gasteiger partial charge in [-0.1, -0.05) is 11.6 Å². The molecule has 4 heteroatoms. The number of hydrogen-bond acceptors (Lipinski definition) is 3. The number of ether oxygens (including phenoxy) is 2. The summed E-state index contributed by atoms with van der Waals surface area (Å²) in [7, 11) is 3.26. The first-order valence-corrected chi connectivity index (χ1v) is 6.07. The lowest BCUT2D eigenvalue weighted by molar-refractivity contribution is 0.350. The molecule has 3 nitrogen and oxygen atoms in total. The normalized spacial score (nSPS) is 16.8. The molecule has 0 heterocycles. The van der Waals surface area contributed by atoms with Crippen LogP contribution in [0.3, 0.4) is 0 Å². The van der Waals surface area contributed by atoms with E-state index in [2.05, 4.69) is 0 Å². The second-order valence-electron chi connectivity index (χ2n) is 4.76. The highest BCUT2D eigenvalue weighted by molar-refractivity contribution is 6.32. The van der Waals surface area contributed by atoms with Crippen LogP contribution in [0.4, 0.5) is 0 Å². The molecule has 0 aromatic heterocycles. The lowest BCUT2D eigenvalue weighted by Gasteiger charge is -2.18. The van der Waals surface area contributed by atoms with Gasteiger partial charge in [0.1, 0.15) is 0 Å². The highest BCUT2D eigenvalue weighted by Crippen LogP contribution is 2.44. The van der Waals surface area contributed by atoms with E-state index in [1.807, 2.05) is 13.0 Å². The van der Waals surface area contributed by atoms with Crippen LogP contribution < -0.4 is 15.2 Å². The molecule has 1 saturated carbocycles. The smallest absolute Gasteiger partial charge is 0.165 e. The van der Waals surface area contributed by atoms with Crippen molar-refractivity contribution in [2.24, 2.45) is 5.73 Å². The van der Waals surface area contributed by atoms with Crippen LogP contribution in [0.2, 0.25) is 5.02 Å². The minimum atomic E-state index is -0.101. The van der Waals surface area contributed by atoms with Crippen molar-refractivity contribution < 1.29 is 9.47 Å². The predicted octanol–water partition coefficient (Wildman–Crippen LogP) is 2.70. The molecule has 1 fully saturated rings. The van der Waals surface area contributed by atoms with Crippen molar-refractivity contribution in [2.75, 3.05) is 14.2 Å². The molecule has 0 unspecified atom stereocenters. The highest BCUT2D eigenvalue weighted by atomic mass is 35.5. The second-order valence-corrected chi connectivity index (χ2v) is 5.14. The third-order valence-corrected chi connectivity index (χ3v) is 3.83. The van der Waals surface area contributed by atoms with Crippen molar-refractivity contribution in [3.63, 3.8) is 0 Å². The molecule has 0 radical (unpaired) electrons. The molecule has 1 aromatic rings. The monoisotopic (exact) mass is 255 g/mol. The fourth-order valence-electron chi connectivity index (χ4n) is 2.03. The molecule has 17 heavy (non-hydrogen) atoms. The summed E-state index contributed by atoms with van der Waals surface area (Å²) in [6, 6.07) is 1.89. The maximum Gasteiger partial charge on any atom is 0.165 e. The van der Waals surface area contributed by atoms with Crippen LogP contribution in [0.15, 0.2) is 6.07 Å². The number of methoxy groups -OCH3 is 2. The molecule has 94 valence electrons. The minimum Gasteiger partial charge on any atom is -0.493 e. The Balaban J connectivity index is 2.48. The molecule has 1 aliphatic carbocycles. The predicted molar refractivity (Wildman–Crippen MR) is 69.1 cm³/mol. The largest absolute Gasteiger partial charge is 0.493 e. The van der Waals surface area contributed by atoms with Gasteiger partial charge >= 0.3 is 0 Å². The van der Waals surface area contributed by atoms with Crippen LogP contribution in [0.25, 0.3) is 0 Å². The van der Waals surface area contributed by atoms with Crippen molar-refractivity contribution in [2.45, 2.75) is 31.7 Å². The first kappa shape index (κ1) is 12.5. The third-order valence-electron chi connectivity index (χ3n) is 3.30. The third kappa shape index (κ3) is 2.35. The number of aryl methyl sites for hydroxylation is 1. The Bertz CT molecular complexity index is 442. The van der Waals surface area contributed by atoms with E-state index < -0.39 is 0 Å². The number of benzene rings is 1. The van der Waals surface area contributed by atoms with E-state index >= 15 is 0 Å². The van der Waals surface area contributed by atoms with Crippen molar-refractivity contribution in [1.29, 1.82) is 0 Å². The Morgan fingerprint density at radius 2 is 2.00 bits per heavy atom. The number of nitrogens with two attached hydrogens (primary N) is 1. The molecule has 0 spiro atoms. The van der Waals surface area contributed by atoms with E-state index in [1.54, 1.807) is 14.2 Å². The number of hydrogen-bond donors (Lipinski definition) is 1. The lowest BCUT2D eigenvalue weighted by Crippen LogP contribution is -2.25. The maximum atomic E-state index is 6.35. The summed E-state index contributed by atoms with van der Waals surface area (Å²) in [5.74, 6) is 1.42. The minimum absolute atomic E-state index is 0.101. The van der Waals surface area contributed by atoms with Gasteiger partial charge < -0.3 is 15.2 Å². The molecular weight excluding hydrogens is 238 g/mol. The van der Waals surface area contributed by atoms with Crippen molar-refractivity contribution in [1.82, 2.24) is 0 Å². The maximum absolute atomic E-state index is 6.35. The van der Waals surface area contributed by atoms with Gasteiger partial charge in [0.15, 0.2) is 11.5 Å². The standard InChI is InChI=1S/C13H18ClNO2/c1-8-6-10(16-2)12(17-3)9(11(8)14)7-13(15)4-5-13/h6H,4-5,7,15H2,1-3H3. The first-order chi connectivity index (χ1) is 8.00. The Labute approximate surface area is 107 Å². The van der Waals surface area contributed by atoms with Crippen LogP contribution in [-0.2, 0) is 6.42 Å². The Hall–Kier alpha value is -0.930. The van der Waals surface area contributed by atoms with E-state index in [4.69, 9.17) is 26.8 Å². The van der Waals surface area contributed by atoms with E-state index in [9.17, 15) is 0 Å². The Kier molecular flexibility index (Phi) is 3.23. The summed E-state index contributed by atoms with van der Waals surface area (Å²) in [6.07, 6.45) is 2.83. The zero-order valence-electron chi connectivity index (χ0n) is 10.5. The first-order valence-electron chi connectivity index (χ1n) is 5.69. The van der Waals surface area contributed by atoms with Crippen LogP contribution in [-0.4, -0.2) is 19.8 Å². The van der Waals surface area contributed by atoms with Gasteiger partial charge in [0.25, 0.3) is 0 Å². The molecule has 2 rings (SSSR count). The highest BCUT2D eigenvalue weighted by Gasteiger charge is 2.40. The average molecular weight is 256 g/mol. The van der Waals surface area contributed by atoms with Crippen LogP contribution in [0.5, 0.6) is 11.5 Å². The van der Waals surface area contributed by atoms with E-state index in [-0.39, 0.29) is 5.54 Å². The SMILES string of the molecule is COc1cc(C)c(Cl)c(CC2(N)CC2)c1OC. The number of rotatable bonds is 4. The van der Waals surface area contributed by atoms with E-state index in [0.29, 0.717) is 11.5 Å². The van der Waals surface area contributed by atoms with E-state index in [0.717, 1.165) is 35.4 Å². The van der Waals surface area contributed by atoms with Crippen molar-refractivity contribution >= 4 is 11.6 Å². The molecular formula is C13H18ClNO2. The Morgan fingerprint density at radius 1 is 1.35 bits per heavy atom. The summed E-state index contributed by atoms with van der Waals surface area (Å²) in [5, 5.41) is 0.736. The van der Waals surface area contributed by atoms with Crippen LogP contribution in [0.1, 0.15) is 24.0 Å². The van der Waals surface area contributed by atoms with Crippen molar-refractivity contribution in [3.05, 3.63) is 22.2 Å². The van der Waals surface area contributed by atoms with Crippen LogP contribution >= 0.6 is 11.6 Å². The molecule has 0 amide bonds. The molecule has 1 aliphatic rings. The zero-order chi connectivity index (χ0) is 12.6. The number of halogens is 1. The van der Waals surface area contributed by atoms with Gasteiger partial charge in [-0.15, -0.1) is 0 Å². The van der Waals surface area contributed by atoms with Gasteiger partial charge in [0.2, 0.25) is 0 Å². The summed E-state index contributed by atoms with van der Waals surface area (Å²) < 4.78 is 10.7. The fraction of sp³-hybridized carbons (Fsp3) is 0.538. The van der Waals surface area contributed by atoms with Gasteiger partial charge in [-0.3, -0.25) is 0 Å². The van der Waals surface area contributed by atoms with E-state index in [1.165, 1.54) is 0 Å². The van der Waals surface area contributed by atoms with Crippen LogP contribution in [0, 0.1) is 6.92 Å². The molecule has 0 bridgehead atoms. The van der Waals surface area contributed by atoms with Gasteiger partial charge in [-0.25, -0.2) is 0 Å². The quantitative estimate of drug-likeness (QED) is 0.900. The molecule has 1 aromatic carbocycles. The lowest BCUT2D eigenvalue weighted by atomic mass is 10.0. The van der Waals surface area contributed by atoms with Gasteiger partial charge in [0, 0.05) is 11.1 Å². The Morgan fingerprint density at radius 3 is 2.47 bits per heavy atom. The summed E-state index contributed by atoms with van der Waals surface area (Å²) >= 11 is 6.35. The summed E-state index contributed by atoms with van der Waals surface area (Å²) in [6.45, 7) is 1.96. The molecule has 2 N–H and O–H groups in total. The molecule has 0 aliphatic heterocycles. The summed E-state index contributed by atoms with van der Waals surface area (Å²) in [4.78, 5) is 0. The zero-order valence-corrected chi connectivity index (χ0v) is 11.2. The molecule has 0 atom stereocenters. The van der Waals surface area contributed by atoms with Crippen molar-refractivity contribution in [3.8, 4) is 11.5 Å². The van der Waals surface area contributed by atoms with Gasteiger partial charge in [-0.2, -0.15) is 0 Å². The average Bonchev–Trinajstić information content (AvgIpc) is 3.02. The fourth-order valence-corrected chi connectivity index (χ4v) is 2.24. The van der Waals surface area contributed by atoms with Gasteiger partial charge in [0.05, 0.1) is 19.2 Å².